The lowest BCUT2D eigenvalue weighted by molar-refractivity contribution is 0.265. The lowest BCUT2D eigenvalue weighted by Gasteiger charge is -2.36. The van der Waals surface area contributed by atoms with E-state index in [-0.39, 0.29) is 11.6 Å². The number of aromatic nitrogens is 1. The minimum absolute atomic E-state index is 0.0762. The van der Waals surface area contributed by atoms with Crippen molar-refractivity contribution in [2.24, 2.45) is 0 Å². The van der Waals surface area contributed by atoms with Crippen molar-refractivity contribution in [1.82, 2.24) is 4.57 Å². The third-order valence-corrected chi connectivity index (χ3v) is 10.2. The van der Waals surface area contributed by atoms with Crippen LogP contribution in [0.2, 0.25) is 18.1 Å². The first-order chi connectivity index (χ1) is 11.2. The fourth-order valence-electron chi connectivity index (χ4n) is 2.61. The molecule has 3 nitrogen and oxygen atoms in total. The van der Waals surface area contributed by atoms with Gasteiger partial charge in [0.1, 0.15) is 0 Å². The molecule has 1 aromatic carbocycles. The summed E-state index contributed by atoms with van der Waals surface area (Å²) in [5, 5.41) is 11.1. The molecule has 2 rings (SSSR count). The number of nitrogens with zero attached hydrogens (tertiary/aromatic N) is 1. The monoisotopic (exact) mass is 411 g/mol. The quantitative estimate of drug-likeness (QED) is 0.468. The summed E-state index contributed by atoms with van der Waals surface area (Å²) in [7, 11) is -1.64. The first kappa shape index (κ1) is 19.7. The second-order valence-corrected chi connectivity index (χ2v) is 13.7. The third kappa shape index (κ3) is 4.51. The van der Waals surface area contributed by atoms with E-state index < -0.39 is 8.32 Å². The predicted octanol–water partition coefficient (Wildman–Crippen LogP) is 5.70. The van der Waals surface area contributed by atoms with Crippen LogP contribution in [-0.2, 0) is 17.6 Å². The summed E-state index contributed by atoms with van der Waals surface area (Å²) in [4.78, 5) is 0. The molecule has 0 aliphatic rings. The van der Waals surface area contributed by atoms with Gasteiger partial charge in [-0.15, -0.1) is 0 Å². The van der Waals surface area contributed by atoms with Crippen LogP contribution in [0.15, 0.2) is 28.7 Å². The number of halogens is 1. The Kier molecular flexibility index (Phi) is 6.34. The molecule has 24 heavy (non-hydrogen) atoms. The van der Waals surface area contributed by atoms with Crippen LogP contribution in [-0.4, -0.2) is 24.6 Å². The lowest BCUT2D eigenvalue weighted by Crippen LogP contribution is -2.40. The zero-order chi connectivity index (χ0) is 18.0. The summed E-state index contributed by atoms with van der Waals surface area (Å²) < 4.78 is 9.55. The lowest BCUT2D eigenvalue weighted by atomic mass is 10.2. The molecular weight excluding hydrogens is 382 g/mol. The standard InChI is InChI=1S/C19H30BrNO2Si/c1-19(2,3)24(4,5)23-11-7-6-10-21-17(14-22)13-15-12-16(20)8-9-18(15)21/h8-9,12-13,22H,6-7,10-11,14H2,1-5H3. The molecule has 1 aromatic heterocycles. The van der Waals surface area contributed by atoms with E-state index in [1.165, 1.54) is 10.9 Å². The molecular formula is C19H30BrNO2Si. The summed E-state index contributed by atoms with van der Waals surface area (Å²) in [6, 6.07) is 8.35. The summed E-state index contributed by atoms with van der Waals surface area (Å²) in [6.45, 7) is 13.2. The van der Waals surface area contributed by atoms with Crippen LogP contribution in [0.4, 0.5) is 0 Å². The molecule has 0 spiro atoms. The Balaban J connectivity index is 1.94. The zero-order valence-corrected chi connectivity index (χ0v) is 18.1. The molecule has 0 aliphatic carbocycles. The van der Waals surface area contributed by atoms with Crippen LogP contribution in [0.5, 0.6) is 0 Å². The second kappa shape index (κ2) is 7.73. The van der Waals surface area contributed by atoms with Gasteiger partial charge < -0.3 is 14.1 Å². The molecule has 0 radical (unpaired) electrons. The van der Waals surface area contributed by atoms with Crippen molar-refractivity contribution in [1.29, 1.82) is 0 Å². The molecule has 1 N–H and O–H groups in total. The van der Waals surface area contributed by atoms with Gasteiger partial charge in [-0.2, -0.15) is 0 Å². The molecule has 0 aliphatic heterocycles. The van der Waals surface area contributed by atoms with Crippen molar-refractivity contribution in [3.63, 3.8) is 0 Å². The van der Waals surface area contributed by atoms with Crippen molar-refractivity contribution < 1.29 is 9.53 Å². The molecule has 0 bridgehead atoms. The fraction of sp³-hybridized carbons (Fsp3) is 0.579. The van der Waals surface area contributed by atoms with Crippen molar-refractivity contribution in [3.05, 3.63) is 34.4 Å². The Hall–Kier alpha value is -0.623. The number of hydrogen-bond acceptors (Lipinski definition) is 2. The summed E-state index contributed by atoms with van der Waals surface area (Å²) in [5.74, 6) is 0. The topological polar surface area (TPSA) is 34.4 Å². The summed E-state index contributed by atoms with van der Waals surface area (Å²) in [6.07, 6.45) is 2.11. The molecule has 0 unspecified atom stereocenters. The Morgan fingerprint density at radius 1 is 1.17 bits per heavy atom. The van der Waals surface area contributed by atoms with Crippen LogP contribution < -0.4 is 0 Å². The number of rotatable bonds is 7. The fourth-order valence-corrected chi connectivity index (χ4v) is 4.08. The normalized spacial score (nSPS) is 13.0. The summed E-state index contributed by atoms with van der Waals surface area (Å²) >= 11 is 3.51. The molecule has 5 heteroatoms. The van der Waals surface area contributed by atoms with Crippen molar-refractivity contribution in [3.8, 4) is 0 Å². The number of unbranched alkanes of at least 4 members (excludes halogenated alkanes) is 1. The van der Waals surface area contributed by atoms with E-state index in [4.69, 9.17) is 4.43 Å². The molecule has 0 atom stereocenters. The number of aliphatic hydroxyl groups is 1. The maximum atomic E-state index is 9.64. The van der Waals surface area contributed by atoms with E-state index in [1.54, 1.807) is 0 Å². The van der Waals surface area contributed by atoms with Crippen LogP contribution in [0.1, 0.15) is 39.3 Å². The Morgan fingerprint density at radius 3 is 2.50 bits per heavy atom. The predicted molar refractivity (Wildman–Crippen MR) is 108 cm³/mol. The van der Waals surface area contributed by atoms with E-state index >= 15 is 0 Å². The molecule has 134 valence electrons. The van der Waals surface area contributed by atoms with E-state index in [0.717, 1.165) is 36.2 Å². The van der Waals surface area contributed by atoms with Crippen LogP contribution >= 0.6 is 15.9 Å². The van der Waals surface area contributed by atoms with Gasteiger partial charge in [-0.3, -0.25) is 0 Å². The summed E-state index contributed by atoms with van der Waals surface area (Å²) in [5.41, 5.74) is 2.17. The maximum Gasteiger partial charge on any atom is 0.191 e. The van der Waals surface area contributed by atoms with E-state index in [2.05, 4.69) is 78.6 Å². The number of aliphatic hydroxyl groups excluding tert-OH is 1. The minimum atomic E-state index is -1.64. The Labute approximate surface area is 155 Å². The van der Waals surface area contributed by atoms with Crippen LogP contribution in [0.3, 0.4) is 0 Å². The number of fused-ring (bicyclic) bond motifs is 1. The van der Waals surface area contributed by atoms with Gasteiger partial charge in [0.15, 0.2) is 8.32 Å². The molecule has 1 heterocycles. The maximum absolute atomic E-state index is 9.64. The van der Waals surface area contributed by atoms with Crippen molar-refractivity contribution in [2.45, 2.75) is 64.9 Å². The molecule has 2 aromatic rings. The molecule has 0 amide bonds. The first-order valence-electron chi connectivity index (χ1n) is 8.68. The number of benzene rings is 1. The smallest absolute Gasteiger partial charge is 0.191 e. The highest BCUT2D eigenvalue weighted by Crippen LogP contribution is 2.36. The number of hydrogen-bond donors (Lipinski definition) is 1. The van der Waals surface area contributed by atoms with Gasteiger partial charge in [0.25, 0.3) is 0 Å². The SMILES string of the molecule is CC(C)(C)[Si](C)(C)OCCCCn1c(CO)cc2cc(Br)ccc21. The van der Waals surface area contributed by atoms with E-state index in [1.807, 2.05) is 0 Å². The van der Waals surface area contributed by atoms with Gasteiger partial charge in [-0.05, 0) is 55.2 Å². The molecule has 0 saturated heterocycles. The van der Waals surface area contributed by atoms with Gasteiger partial charge >= 0.3 is 0 Å². The first-order valence-corrected chi connectivity index (χ1v) is 12.4. The third-order valence-electron chi connectivity index (χ3n) is 5.16. The van der Waals surface area contributed by atoms with Gasteiger partial charge in [0.2, 0.25) is 0 Å². The van der Waals surface area contributed by atoms with Crippen molar-refractivity contribution >= 4 is 35.2 Å². The zero-order valence-electron chi connectivity index (χ0n) is 15.5. The molecule has 0 fully saturated rings. The van der Waals surface area contributed by atoms with Gasteiger partial charge in [0, 0.05) is 34.2 Å². The number of aryl methyl sites for hydroxylation is 1. The Bertz CT molecular complexity index is 688. The van der Waals surface area contributed by atoms with Crippen LogP contribution in [0, 0.1) is 0 Å². The van der Waals surface area contributed by atoms with Crippen molar-refractivity contribution in [2.75, 3.05) is 6.61 Å². The highest BCUT2D eigenvalue weighted by molar-refractivity contribution is 9.10. The van der Waals surface area contributed by atoms with E-state index in [9.17, 15) is 5.11 Å². The molecule has 0 saturated carbocycles. The van der Waals surface area contributed by atoms with Gasteiger partial charge in [-0.25, -0.2) is 0 Å². The van der Waals surface area contributed by atoms with E-state index in [0.29, 0.717) is 0 Å². The average molecular weight is 412 g/mol. The largest absolute Gasteiger partial charge is 0.417 e. The van der Waals surface area contributed by atoms with Crippen LogP contribution in [0.25, 0.3) is 10.9 Å². The average Bonchev–Trinajstić information content (AvgIpc) is 2.82. The highest BCUT2D eigenvalue weighted by atomic mass is 79.9. The second-order valence-electron chi connectivity index (χ2n) is 7.96. The highest BCUT2D eigenvalue weighted by Gasteiger charge is 2.36. The van der Waals surface area contributed by atoms with Gasteiger partial charge in [0.05, 0.1) is 6.61 Å². The Morgan fingerprint density at radius 2 is 1.88 bits per heavy atom. The minimum Gasteiger partial charge on any atom is -0.417 e. The van der Waals surface area contributed by atoms with Gasteiger partial charge in [-0.1, -0.05) is 36.7 Å².